The second kappa shape index (κ2) is 5.51. The first-order valence-electron chi connectivity index (χ1n) is 6.35. The third kappa shape index (κ3) is 3.35. The van der Waals surface area contributed by atoms with Crippen molar-refractivity contribution >= 4 is 10.0 Å². The second-order valence-electron chi connectivity index (χ2n) is 5.35. The Bertz CT molecular complexity index is 685. The van der Waals surface area contributed by atoms with Gasteiger partial charge in [-0.25, -0.2) is 17.9 Å². The molecule has 0 saturated carbocycles. The number of rotatable bonds is 4. The average Bonchev–Trinajstić information content (AvgIpc) is 2.37. The molecule has 4 N–H and O–H groups in total. The smallest absolute Gasteiger partial charge is 0.316 e. The first-order valence-corrected chi connectivity index (χ1v) is 7.83. The number of sulfonamides is 1. The molecule has 0 spiro atoms. The third-order valence-electron chi connectivity index (χ3n) is 3.45. The summed E-state index contributed by atoms with van der Waals surface area (Å²) in [5.41, 5.74) is -1.84. The van der Waals surface area contributed by atoms with Crippen molar-refractivity contribution in [1.29, 1.82) is 0 Å². The highest BCUT2D eigenvalue weighted by Crippen LogP contribution is 2.24. The second-order valence-corrected chi connectivity index (χ2v) is 7.09. The van der Waals surface area contributed by atoms with Crippen LogP contribution in [0.15, 0.2) is 20.7 Å². The van der Waals surface area contributed by atoms with Crippen LogP contribution in [0.25, 0.3) is 0 Å². The molecule has 1 aromatic heterocycles. The van der Waals surface area contributed by atoms with Gasteiger partial charge in [-0.2, -0.15) is 0 Å². The van der Waals surface area contributed by atoms with E-state index < -0.39 is 26.2 Å². The molecule has 1 aromatic rings. The van der Waals surface area contributed by atoms with Gasteiger partial charge < -0.3 is 10.3 Å². The van der Waals surface area contributed by atoms with Crippen LogP contribution in [-0.4, -0.2) is 38.0 Å². The highest BCUT2D eigenvalue weighted by Gasteiger charge is 2.29. The maximum Gasteiger partial charge on any atom is 0.325 e. The van der Waals surface area contributed by atoms with Gasteiger partial charge in [-0.1, -0.05) is 6.92 Å². The molecule has 0 radical (unpaired) electrons. The number of nitrogens with one attached hydrogen (secondary N) is 4. The fourth-order valence-electron chi connectivity index (χ4n) is 2.21. The van der Waals surface area contributed by atoms with Crippen molar-refractivity contribution in [2.75, 3.05) is 19.6 Å². The number of aromatic nitrogens is 2. The van der Waals surface area contributed by atoms with Gasteiger partial charge in [0.15, 0.2) is 4.90 Å². The van der Waals surface area contributed by atoms with Gasteiger partial charge in [0.05, 0.1) is 0 Å². The summed E-state index contributed by atoms with van der Waals surface area (Å²) in [6.07, 6.45) is 2.80. The Morgan fingerprint density at radius 1 is 1.40 bits per heavy atom. The molecule has 1 atom stereocenters. The van der Waals surface area contributed by atoms with Crippen LogP contribution in [-0.2, 0) is 10.0 Å². The zero-order chi connectivity index (χ0) is 14.8. The molecule has 1 fully saturated rings. The van der Waals surface area contributed by atoms with Crippen molar-refractivity contribution in [3.05, 3.63) is 27.0 Å². The Balaban J connectivity index is 2.15. The number of aromatic amines is 2. The van der Waals surface area contributed by atoms with Gasteiger partial charge in [0.25, 0.3) is 5.56 Å². The molecule has 1 saturated heterocycles. The molecule has 20 heavy (non-hydrogen) atoms. The summed E-state index contributed by atoms with van der Waals surface area (Å²) < 4.78 is 26.6. The SMILES string of the molecule is CC1(CNS(=O)(=O)c2c[nH]c(=O)[nH]c2=O)CCCNC1. The van der Waals surface area contributed by atoms with Crippen LogP contribution in [0.3, 0.4) is 0 Å². The molecule has 1 aliphatic rings. The molecule has 8 nitrogen and oxygen atoms in total. The van der Waals surface area contributed by atoms with E-state index in [9.17, 15) is 18.0 Å². The van der Waals surface area contributed by atoms with Crippen LogP contribution < -0.4 is 21.3 Å². The van der Waals surface area contributed by atoms with Crippen molar-refractivity contribution in [3.8, 4) is 0 Å². The van der Waals surface area contributed by atoms with Crippen molar-refractivity contribution in [1.82, 2.24) is 20.0 Å². The Morgan fingerprint density at radius 3 is 2.75 bits per heavy atom. The molecular weight excluding hydrogens is 284 g/mol. The molecule has 112 valence electrons. The molecule has 0 aromatic carbocycles. The number of piperidine rings is 1. The van der Waals surface area contributed by atoms with Crippen LogP contribution in [0.4, 0.5) is 0 Å². The van der Waals surface area contributed by atoms with Crippen LogP contribution in [0.2, 0.25) is 0 Å². The van der Waals surface area contributed by atoms with Gasteiger partial charge in [0.2, 0.25) is 10.0 Å². The minimum Gasteiger partial charge on any atom is -0.316 e. The predicted molar refractivity (Wildman–Crippen MR) is 73.1 cm³/mol. The monoisotopic (exact) mass is 302 g/mol. The Kier molecular flexibility index (Phi) is 4.11. The van der Waals surface area contributed by atoms with Gasteiger partial charge in [-0.3, -0.25) is 9.78 Å². The Hall–Kier alpha value is -1.45. The van der Waals surface area contributed by atoms with E-state index in [1.54, 1.807) is 0 Å². The number of hydrogen-bond donors (Lipinski definition) is 4. The largest absolute Gasteiger partial charge is 0.325 e. The van der Waals surface area contributed by atoms with Gasteiger partial charge in [-0.05, 0) is 24.8 Å². The molecule has 0 bridgehead atoms. The summed E-state index contributed by atoms with van der Waals surface area (Å²) >= 11 is 0. The molecule has 1 aliphatic heterocycles. The van der Waals surface area contributed by atoms with E-state index in [2.05, 4.69) is 15.0 Å². The average molecular weight is 302 g/mol. The first-order chi connectivity index (χ1) is 9.32. The van der Waals surface area contributed by atoms with E-state index in [-0.39, 0.29) is 12.0 Å². The van der Waals surface area contributed by atoms with E-state index in [4.69, 9.17) is 0 Å². The lowest BCUT2D eigenvalue weighted by Crippen LogP contribution is -2.46. The molecule has 2 heterocycles. The maximum absolute atomic E-state index is 12.1. The predicted octanol–water partition coefficient (Wildman–Crippen LogP) is -1.27. The number of hydrogen-bond acceptors (Lipinski definition) is 5. The topological polar surface area (TPSA) is 124 Å². The lowest BCUT2D eigenvalue weighted by atomic mass is 9.83. The summed E-state index contributed by atoms with van der Waals surface area (Å²) in [4.78, 5) is 26.0. The van der Waals surface area contributed by atoms with Crippen LogP contribution in [0, 0.1) is 5.41 Å². The summed E-state index contributed by atoms with van der Waals surface area (Å²) in [6, 6.07) is 0. The molecule has 2 rings (SSSR count). The molecule has 9 heteroatoms. The van der Waals surface area contributed by atoms with Gasteiger partial charge in [0, 0.05) is 19.3 Å². The van der Waals surface area contributed by atoms with Gasteiger partial charge in [-0.15, -0.1) is 0 Å². The first kappa shape index (κ1) is 14.9. The van der Waals surface area contributed by atoms with Crippen LogP contribution >= 0.6 is 0 Å². The summed E-state index contributed by atoms with van der Waals surface area (Å²) in [5.74, 6) is 0. The minimum absolute atomic E-state index is 0.180. The summed E-state index contributed by atoms with van der Waals surface area (Å²) in [7, 11) is -3.94. The fraction of sp³-hybridized carbons (Fsp3) is 0.636. The lowest BCUT2D eigenvalue weighted by molar-refractivity contribution is 0.238. The standard InChI is InChI=1S/C11H18N4O4S/c1-11(3-2-4-12-6-11)7-14-20(18,19)8-5-13-10(17)15-9(8)16/h5,12,14H,2-4,6-7H2,1H3,(H2,13,15,16,17). The lowest BCUT2D eigenvalue weighted by Gasteiger charge is -2.34. The van der Waals surface area contributed by atoms with E-state index in [0.29, 0.717) is 0 Å². The highest BCUT2D eigenvalue weighted by atomic mass is 32.2. The van der Waals surface area contributed by atoms with Gasteiger partial charge in [0.1, 0.15) is 0 Å². The van der Waals surface area contributed by atoms with Crippen molar-refractivity contribution in [2.24, 2.45) is 5.41 Å². The molecule has 1 unspecified atom stereocenters. The minimum atomic E-state index is -3.94. The van der Waals surface area contributed by atoms with E-state index in [1.807, 2.05) is 11.9 Å². The molecular formula is C11H18N4O4S. The van der Waals surface area contributed by atoms with Crippen molar-refractivity contribution in [3.63, 3.8) is 0 Å². The maximum atomic E-state index is 12.1. The van der Waals surface area contributed by atoms with Crippen LogP contribution in [0.5, 0.6) is 0 Å². The van der Waals surface area contributed by atoms with Crippen LogP contribution in [0.1, 0.15) is 19.8 Å². The summed E-state index contributed by atoms with van der Waals surface area (Å²) in [5, 5.41) is 3.22. The number of H-pyrrole nitrogens is 2. The molecule has 0 amide bonds. The zero-order valence-corrected chi connectivity index (χ0v) is 12.0. The quantitative estimate of drug-likeness (QED) is 0.552. The zero-order valence-electron chi connectivity index (χ0n) is 11.2. The van der Waals surface area contributed by atoms with E-state index in [1.165, 1.54) is 0 Å². The fourth-order valence-corrected chi connectivity index (χ4v) is 3.42. The van der Waals surface area contributed by atoms with E-state index >= 15 is 0 Å². The third-order valence-corrected chi connectivity index (χ3v) is 4.86. The summed E-state index contributed by atoms with van der Waals surface area (Å²) in [6.45, 7) is 3.87. The van der Waals surface area contributed by atoms with E-state index in [0.717, 1.165) is 32.1 Å². The van der Waals surface area contributed by atoms with Crippen molar-refractivity contribution in [2.45, 2.75) is 24.7 Å². The van der Waals surface area contributed by atoms with Crippen molar-refractivity contribution < 1.29 is 8.42 Å². The Labute approximate surface area is 116 Å². The normalized spacial score (nSPS) is 23.6. The highest BCUT2D eigenvalue weighted by molar-refractivity contribution is 7.89. The molecule has 0 aliphatic carbocycles. The van der Waals surface area contributed by atoms with Gasteiger partial charge >= 0.3 is 5.69 Å². The Morgan fingerprint density at radius 2 is 2.15 bits per heavy atom.